The van der Waals surface area contributed by atoms with Crippen LogP contribution in [-0.2, 0) is 9.53 Å². The summed E-state index contributed by atoms with van der Waals surface area (Å²) in [6.45, 7) is 2.07. The van der Waals surface area contributed by atoms with Crippen molar-refractivity contribution in [3.63, 3.8) is 0 Å². The Hall–Kier alpha value is -0.570. The first kappa shape index (κ1) is 11.5. The third-order valence-corrected chi connectivity index (χ3v) is 3.39. The minimum atomic E-state index is -0.546. The summed E-state index contributed by atoms with van der Waals surface area (Å²) in [7, 11) is 1.36. The number of aliphatic hydroxyl groups is 1. The molecule has 0 aromatic heterocycles. The Kier molecular flexibility index (Phi) is 3.93. The van der Waals surface area contributed by atoms with Crippen molar-refractivity contribution in [1.29, 1.82) is 0 Å². The zero-order valence-corrected chi connectivity index (χ0v) is 9.08. The fourth-order valence-electron chi connectivity index (χ4n) is 2.18. The van der Waals surface area contributed by atoms with E-state index in [1.165, 1.54) is 13.5 Å². The van der Waals surface area contributed by atoms with Crippen LogP contribution in [0.1, 0.15) is 45.4 Å². The summed E-state index contributed by atoms with van der Waals surface area (Å²) >= 11 is 0. The van der Waals surface area contributed by atoms with Crippen LogP contribution in [0.15, 0.2) is 0 Å². The predicted octanol–water partition coefficient (Wildman–Crippen LogP) is 1.88. The Balaban J connectivity index is 2.48. The van der Waals surface area contributed by atoms with Crippen LogP contribution in [0.25, 0.3) is 0 Å². The molecular formula is C11H20O3. The van der Waals surface area contributed by atoms with Crippen LogP contribution in [0, 0.1) is 5.41 Å². The van der Waals surface area contributed by atoms with Gasteiger partial charge in [-0.25, -0.2) is 0 Å². The van der Waals surface area contributed by atoms with E-state index in [0.29, 0.717) is 0 Å². The van der Waals surface area contributed by atoms with Crippen molar-refractivity contribution in [2.45, 2.75) is 51.6 Å². The summed E-state index contributed by atoms with van der Waals surface area (Å²) in [4.78, 5) is 11.0. The minimum absolute atomic E-state index is 0.0769. The molecule has 0 aromatic rings. The van der Waals surface area contributed by atoms with Gasteiger partial charge in [0, 0.05) is 0 Å². The van der Waals surface area contributed by atoms with Crippen molar-refractivity contribution >= 4 is 5.97 Å². The van der Waals surface area contributed by atoms with E-state index < -0.39 is 6.10 Å². The van der Waals surface area contributed by atoms with Gasteiger partial charge in [-0.1, -0.05) is 26.2 Å². The molecule has 0 radical (unpaired) electrons. The molecule has 1 unspecified atom stereocenters. The summed E-state index contributed by atoms with van der Waals surface area (Å²) in [5, 5.41) is 9.93. The maximum atomic E-state index is 11.0. The molecular weight excluding hydrogens is 180 g/mol. The SMILES string of the molecule is COC(=O)CC(O)C1(C)CCCCC1. The quantitative estimate of drug-likeness (QED) is 0.707. The summed E-state index contributed by atoms with van der Waals surface area (Å²) in [6.07, 6.45) is 5.20. The van der Waals surface area contributed by atoms with Gasteiger partial charge in [0.2, 0.25) is 0 Å². The largest absolute Gasteiger partial charge is 0.469 e. The molecule has 82 valence electrons. The second-order valence-corrected chi connectivity index (χ2v) is 4.51. The maximum absolute atomic E-state index is 11.0. The van der Waals surface area contributed by atoms with Crippen LogP contribution in [0.4, 0.5) is 0 Å². The normalized spacial score (nSPS) is 22.8. The molecule has 1 aliphatic rings. The van der Waals surface area contributed by atoms with Crippen LogP contribution in [0.2, 0.25) is 0 Å². The van der Waals surface area contributed by atoms with Gasteiger partial charge in [0.1, 0.15) is 0 Å². The number of carbonyl (C=O) groups excluding carboxylic acids is 1. The van der Waals surface area contributed by atoms with Crippen molar-refractivity contribution in [3.05, 3.63) is 0 Å². The van der Waals surface area contributed by atoms with Crippen molar-refractivity contribution in [2.24, 2.45) is 5.41 Å². The predicted molar refractivity (Wildman–Crippen MR) is 53.8 cm³/mol. The Morgan fingerprint density at radius 1 is 1.43 bits per heavy atom. The first-order valence-electron chi connectivity index (χ1n) is 5.33. The first-order chi connectivity index (χ1) is 6.58. The Morgan fingerprint density at radius 3 is 2.50 bits per heavy atom. The van der Waals surface area contributed by atoms with Crippen LogP contribution >= 0.6 is 0 Å². The van der Waals surface area contributed by atoms with E-state index in [1.807, 2.05) is 0 Å². The topological polar surface area (TPSA) is 46.5 Å². The average Bonchev–Trinajstić information content (AvgIpc) is 2.18. The summed E-state index contributed by atoms with van der Waals surface area (Å²) in [5.74, 6) is -0.315. The highest BCUT2D eigenvalue weighted by Gasteiger charge is 2.35. The number of esters is 1. The molecule has 0 spiro atoms. The molecule has 0 saturated heterocycles. The second kappa shape index (κ2) is 4.78. The van der Waals surface area contributed by atoms with E-state index in [1.54, 1.807) is 0 Å². The lowest BCUT2D eigenvalue weighted by Gasteiger charge is -2.37. The van der Waals surface area contributed by atoms with E-state index in [9.17, 15) is 9.90 Å². The summed E-state index contributed by atoms with van der Waals surface area (Å²) in [6, 6.07) is 0. The highest BCUT2D eigenvalue weighted by atomic mass is 16.5. The fourth-order valence-corrected chi connectivity index (χ4v) is 2.18. The third kappa shape index (κ3) is 2.71. The van der Waals surface area contributed by atoms with Gasteiger partial charge < -0.3 is 9.84 Å². The summed E-state index contributed by atoms with van der Waals surface area (Å²) in [5.41, 5.74) is -0.0769. The van der Waals surface area contributed by atoms with Crippen LogP contribution in [0.3, 0.4) is 0 Å². The molecule has 1 atom stereocenters. The molecule has 0 heterocycles. The smallest absolute Gasteiger partial charge is 0.308 e. The highest BCUT2D eigenvalue weighted by Crippen LogP contribution is 2.39. The van der Waals surface area contributed by atoms with Crippen molar-refractivity contribution < 1.29 is 14.6 Å². The number of carbonyl (C=O) groups is 1. The molecule has 1 aliphatic carbocycles. The lowest BCUT2D eigenvalue weighted by atomic mass is 9.71. The van der Waals surface area contributed by atoms with Gasteiger partial charge in [0.05, 0.1) is 19.6 Å². The van der Waals surface area contributed by atoms with Gasteiger partial charge in [-0.3, -0.25) is 4.79 Å². The van der Waals surface area contributed by atoms with Gasteiger partial charge in [0.25, 0.3) is 0 Å². The van der Waals surface area contributed by atoms with Gasteiger partial charge in [-0.15, -0.1) is 0 Å². The Morgan fingerprint density at radius 2 is 2.00 bits per heavy atom. The third-order valence-electron chi connectivity index (χ3n) is 3.39. The molecule has 3 nitrogen and oxygen atoms in total. The lowest BCUT2D eigenvalue weighted by Crippen LogP contribution is -2.36. The number of hydrogen-bond acceptors (Lipinski definition) is 3. The van der Waals surface area contributed by atoms with Gasteiger partial charge in [-0.2, -0.15) is 0 Å². The van der Waals surface area contributed by atoms with Gasteiger partial charge in [0.15, 0.2) is 0 Å². The van der Waals surface area contributed by atoms with Crippen molar-refractivity contribution in [1.82, 2.24) is 0 Å². The lowest BCUT2D eigenvalue weighted by molar-refractivity contribution is -0.145. The molecule has 1 fully saturated rings. The van der Waals surface area contributed by atoms with E-state index in [-0.39, 0.29) is 17.8 Å². The molecule has 0 amide bonds. The highest BCUT2D eigenvalue weighted by molar-refractivity contribution is 5.69. The minimum Gasteiger partial charge on any atom is -0.469 e. The maximum Gasteiger partial charge on any atom is 0.308 e. The number of ether oxygens (including phenoxy) is 1. The average molecular weight is 200 g/mol. The molecule has 1 rings (SSSR count). The molecule has 14 heavy (non-hydrogen) atoms. The van der Waals surface area contributed by atoms with E-state index >= 15 is 0 Å². The van der Waals surface area contributed by atoms with Crippen LogP contribution in [-0.4, -0.2) is 24.3 Å². The van der Waals surface area contributed by atoms with Gasteiger partial charge >= 0.3 is 5.97 Å². The molecule has 3 heteroatoms. The molecule has 0 aromatic carbocycles. The zero-order chi connectivity index (χ0) is 10.6. The number of rotatable bonds is 3. The van der Waals surface area contributed by atoms with Crippen LogP contribution < -0.4 is 0 Å². The van der Waals surface area contributed by atoms with Crippen LogP contribution in [0.5, 0.6) is 0 Å². The standard InChI is InChI=1S/C11H20O3/c1-11(6-4-3-5-7-11)9(12)8-10(13)14-2/h9,12H,3-8H2,1-2H3. The monoisotopic (exact) mass is 200 g/mol. The van der Waals surface area contributed by atoms with Crippen molar-refractivity contribution in [3.8, 4) is 0 Å². The first-order valence-corrected chi connectivity index (χ1v) is 5.33. The molecule has 0 aliphatic heterocycles. The second-order valence-electron chi connectivity index (χ2n) is 4.51. The van der Waals surface area contributed by atoms with Gasteiger partial charge in [-0.05, 0) is 18.3 Å². The fraction of sp³-hybridized carbons (Fsp3) is 0.909. The summed E-state index contributed by atoms with van der Waals surface area (Å²) < 4.78 is 4.56. The number of methoxy groups -OCH3 is 1. The number of hydrogen-bond donors (Lipinski definition) is 1. The zero-order valence-electron chi connectivity index (χ0n) is 9.08. The number of aliphatic hydroxyl groups excluding tert-OH is 1. The Bertz CT molecular complexity index is 195. The van der Waals surface area contributed by atoms with E-state index in [0.717, 1.165) is 25.7 Å². The Labute approximate surface area is 85.5 Å². The van der Waals surface area contributed by atoms with E-state index in [2.05, 4.69) is 11.7 Å². The molecule has 1 saturated carbocycles. The van der Waals surface area contributed by atoms with Crippen molar-refractivity contribution in [2.75, 3.05) is 7.11 Å². The molecule has 1 N–H and O–H groups in total. The van der Waals surface area contributed by atoms with E-state index in [4.69, 9.17) is 0 Å². The molecule has 0 bridgehead atoms.